The number of primary amides is 1. The number of ether oxygens (including phenoxy) is 1. The highest BCUT2D eigenvalue weighted by Crippen LogP contribution is 2.23. The van der Waals surface area contributed by atoms with Crippen molar-refractivity contribution in [2.45, 2.75) is 0 Å². The van der Waals surface area contributed by atoms with Crippen molar-refractivity contribution in [1.82, 2.24) is 9.55 Å². The summed E-state index contributed by atoms with van der Waals surface area (Å²) in [6, 6.07) is 12.5. The fourth-order valence-electron chi connectivity index (χ4n) is 2.17. The molecule has 0 aliphatic carbocycles. The number of nitrogens with one attached hydrogen (secondary N) is 1. The lowest BCUT2D eigenvalue weighted by Gasteiger charge is -2.07. The summed E-state index contributed by atoms with van der Waals surface area (Å²) in [6.45, 7) is 0. The van der Waals surface area contributed by atoms with Gasteiger partial charge in [-0.25, -0.2) is 9.78 Å². The zero-order valence-electron chi connectivity index (χ0n) is 11.4. The Morgan fingerprint density at radius 1 is 1.24 bits per heavy atom. The number of carbonyl (C=O) groups excluding carboxylic acids is 1. The molecular weight excluding hydrogens is 268 g/mol. The first-order valence-corrected chi connectivity index (χ1v) is 6.35. The summed E-state index contributed by atoms with van der Waals surface area (Å²) >= 11 is 0. The normalized spacial score (nSPS) is 10.5. The van der Waals surface area contributed by atoms with Crippen LogP contribution in [0.1, 0.15) is 0 Å². The van der Waals surface area contributed by atoms with Gasteiger partial charge in [0.15, 0.2) is 0 Å². The standard InChI is InChI=1S/C15H14N4O2/c1-21-12-6-7-14-13(8-12)17-9-19(14)11-4-2-10(3-5-11)18-15(16)20/h2-9H,1H3,(H3,16,18,20). The van der Waals surface area contributed by atoms with E-state index in [2.05, 4.69) is 10.3 Å². The van der Waals surface area contributed by atoms with Gasteiger partial charge in [0.05, 0.1) is 18.1 Å². The molecule has 106 valence electrons. The van der Waals surface area contributed by atoms with Crippen LogP contribution in [-0.4, -0.2) is 22.7 Å². The highest BCUT2D eigenvalue weighted by atomic mass is 16.5. The number of urea groups is 1. The number of carbonyl (C=O) groups is 1. The molecule has 0 saturated heterocycles. The first-order chi connectivity index (χ1) is 10.2. The van der Waals surface area contributed by atoms with Crippen molar-refractivity contribution >= 4 is 22.8 Å². The molecular formula is C15H14N4O2. The van der Waals surface area contributed by atoms with Gasteiger partial charge in [0.25, 0.3) is 0 Å². The molecule has 2 amide bonds. The molecule has 3 aromatic rings. The number of fused-ring (bicyclic) bond motifs is 1. The lowest BCUT2D eigenvalue weighted by Crippen LogP contribution is -2.19. The lowest BCUT2D eigenvalue weighted by molar-refractivity contribution is 0.259. The molecule has 0 fully saturated rings. The Hall–Kier alpha value is -3.02. The fraction of sp³-hybridized carbons (Fsp3) is 0.0667. The van der Waals surface area contributed by atoms with E-state index >= 15 is 0 Å². The Morgan fingerprint density at radius 3 is 2.67 bits per heavy atom. The molecule has 1 heterocycles. The zero-order valence-corrected chi connectivity index (χ0v) is 11.4. The minimum Gasteiger partial charge on any atom is -0.497 e. The molecule has 0 saturated carbocycles. The molecule has 0 aliphatic heterocycles. The number of aromatic nitrogens is 2. The summed E-state index contributed by atoms with van der Waals surface area (Å²) in [5.41, 5.74) is 8.51. The maximum absolute atomic E-state index is 10.8. The maximum atomic E-state index is 10.8. The Balaban J connectivity index is 1.98. The molecule has 0 unspecified atom stereocenters. The largest absolute Gasteiger partial charge is 0.497 e. The monoisotopic (exact) mass is 282 g/mol. The van der Waals surface area contributed by atoms with Gasteiger partial charge in [-0.15, -0.1) is 0 Å². The van der Waals surface area contributed by atoms with Crippen LogP contribution in [0.2, 0.25) is 0 Å². The van der Waals surface area contributed by atoms with Gasteiger partial charge in [-0.05, 0) is 36.4 Å². The molecule has 2 aromatic carbocycles. The number of benzene rings is 2. The molecule has 3 N–H and O–H groups in total. The molecule has 1 aromatic heterocycles. The van der Waals surface area contributed by atoms with E-state index < -0.39 is 6.03 Å². The van der Waals surface area contributed by atoms with Crippen molar-refractivity contribution in [2.75, 3.05) is 12.4 Å². The van der Waals surface area contributed by atoms with E-state index in [-0.39, 0.29) is 0 Å². The summed E-state index contributed by atoms with van der Waals surface area (Å²) in [4.78, 5) is 15.2. The van der Waals surface area contributed by atoms with Gasteiger partial charge in [0.2, 0.25) is 0 Å². The Bertz CT molecular complexity index is 793. The molecule has 0 radical (unpaired) electrons. The SMILES string of the molecule is COc1ccc2c(c1)ncn2-c1ccc(NC(N)=O)cc1. The number of hydrogen-bond acceptors (Lipinski definition) is 3. The van der Waals surface area contributed by atoms with Gasteiger partial charge in [-0.2, -0.15) is 0 Å². The average Bonchev–Trinajstić information content (AvgIpc) is 2.90. The summed E-state index contributed by atoms with van der Waals surface area (Å²) in [5.74, 6) is 0.772. The van der Waals surface area contributed by atoms with Gasteiger partial charge in [0.1, 0.15) is 12.1 Å². The summed E-state index contributed by atoms with van der Waals surface area (Å²) in [5, 5.41) is 2.53. The van der Waals surface area contributed by atoms with Crippen LogP contribution >= 0.6 is 0 Å². The first-order valence-electron chi connectivity index (χ1n) is 6.35. The number of nitrogens with two attached hydrogens (primary N) is 1. The maximum Gasteiger partial charge on any atom is 0.316 e. The van der Waals surface area contributed by atoms with Crippen molar-refractivity contribution < 1.29 is 9.53 Å². The third-order valence-corrected chi connectivity index (χ3v) is 3.17. The minimum absolute atomic E-state index is 0.581. The van der Waals surface area contributed by atoms with E-state index in [1.807, 2.05) is 34.9 Å². The van der Waals surface area contributed by atoms with Crippen LogP contribution in [0.5, 0.6) is 5.75 Å². The second kappa shape index (κ2) is 5.16. The van der Waals surface area contributed by atoms with Crippen LogP contribution in [-0.2, 0) is 0 Å². The van der Waals surface area contributed by atoms with Crippen LogP contribution in [0.25, 0.3) is 16.7 Å². The Kier molecular flexibility index (Phi) is 3.19. The number of amides is 2. The van der Waals surface area contributed by atoms with Crippen LogP contribution in [0.4, 0.5) is 10.5 Å². The highest BCUT2D eigenvalue weighted by molar-refractivity contribution is 5.88. The van der Waals surface area contributed by atoms with E-state index in [0.29, 0.717) is 5.69 Å². The van der Waals surface area contributed by atoms with Gasteiger partial charge in [-0.3, -0.25) is 4.57 Å². The second-order valence-corrected chi connectivity index (χ2v) is 4.51. The predicted octanol–water partition coefficient (Wildman–Crippen LogP) is 2.52. The average molecular weight is 282 g/mol. The van der Waals surface area contributed by atoms with Crippen molar-refractivity contribution in [1.29, 1.82) is 0 Å². The van der Waals surface area contributed by atoms with E-state index in [0.717, 1.165) is 22.5 Å². The molecule has 21 heavy (non-hydrogen) atoms. The summed E-state index contributed by atoms with van der Waals surface area (Å²) in [7, 11) is 1.63. The molecule has 6 heteroatoms. The van der Waals surface area contributed by atoms with Crippen LogP contribution in [0.15, 0.2) is 48.8 Å². The van der Waals surface area contributed by atoms with Crippen molar-refractivity contribution in [3.05, 3.63) is 48.8 Å². The number of anilines is 1. The summed E-state index contributed by atoms with van der Waals surface area (Å²) in [6.07, 6.45) is 1.75. The van der Waals surface area contributed by atoms with Crippen LogP contribution < -0.4 is 15.8 Å². The third kappa shape index (κ3) is 2.51. The molecule has 0 spiro atoms. The minimum atomic E-state index is -0.581. The van der Waals surface area contributed by atoms with Crippen molar-refractivity contribution in [3.63, 3.8) is 0 Å². The smallest absolute Gasteiger partial charge is 0.316 e. The Labute approximate surface area is 121 Å². The van der Waals surface area contributed by atoms with E-state index in [9.17, 15) is 4.79 Å². The quantitative estimate of drug-likeness (QED) is 0.774. The van der Waals surface area contributed by atoms with E-state index in [4.69, 9.17) is 10.5 Å². The molecule has 0 atom stereocenters. The number of rotatable bonds is 3. The lowest BCUT2D eigenvalue weighted by atomic mass is 10.2. The number of hydrogen-bond donors (Lipinski definition) is 2. The number of methoxy groups -OCH3 is 1. The van der Waals surface area contributed by atoms with Crippen molar-refractivity contribution in [2.24, 2.45) is 5.73 Å². The van der Waals surface area contributed by atoms with Gasteiger partial charge < -0.3 is 15.8 Å². The fourth-order valence-corrected chi connectivity index (χ4v) is 2.17. The second-order valence-electron chi connectivity index (χ2n) is 4.51. The molecule has 6 nitrogen and oxygen atoms in total. The van der Waals surface area contributed by atoms with Gasteiger partial charge in [-0.1, -0.05) is 0 Å². The Morgan fingerprint density at radius 2 is 2.00 bits per heavy atom. The molecule has 0 aliphatic rings. The number of nitrogens with zero attached hydrogens (tertiary/aromatic N) is 2. The van der Waals surface area contributed by atoms with E-state index in [1.165, 1.54) is 0 Å². The molecule has 0 bridgehead atoms. The predicted molar refractivity (Wildman–Crippen MR) is 80.8 cm³/mol. The zero-order chi connectivity index (χ0) is 14.8. The number of imidazole rings is 1. The summed E-state index contributed by atoms with van der Waals surface area (Å²) < 4.78 is 7.15. The first kappa shape index (κ1) is 13.0. The van der Waals surface area contributed by atoms with Gasteiger partial charge in [0, 0.05) is 17.4 Å². The highest BCUT2D eigenvalue weighted by Gasteiger charge is 2.06. The topological polar surface area (TPSA) is 82.2 Å². The van der Waals surface area contributed by atoms with Crippen LogP contribution in [0.3, 0.4) is 0 Å². The van der Waals surface area contributed by atoms with E-state index in [1.54, 1.807) is 25.6 Å². The van der Waals surface area contributed by atoms with Crippen molar-refractivity contribution in [3.8, 4) is 11.4 Å². The molecule has 3 rings (SSSR count). The van der Waals surface area contributed by atoms with Crippen LogP contribution in [0, 0.1) is 0 Å². The third-order valence-electron chi connectivity index (χ3n) is 3.17. The van der Waals surface area contributed by atoms with Gasteiger partial charge >= 0.3 is 6.03 Å².